The molecule has 0 fully saturated rings. The van der Waals surface area contributed by atoms with Crippen LogP contribution >= 0.6 is 0 Å². The van der Waals surface area contributed by atoms with E-state index in [-0.39, 0.29) is 11.5 Å². The van der Waals surface area contributed by atoms with Gasteiger partial charge in [0.2, 0.25) is 0 Å². The van der Waals surface area contributed by atoms with Crippen LogP contribution in [-0.2, 0) is 0 Å². The molecule has 1 unspecified atom stereocenters. The standard InChI is InChI=1S/C15H26N2/c1-6-17(11-14(16)15(3,4)5)13-10-8-7-9-12(13)2/h7-10,14H,6,11,16H2,1-5H3. The topological polar surface area (TPSA) is 29.3 Å². The van der Waals surface area contributed by atoms with Crippen molar-refractivity contribution in [3.05, 3.63) is 29.8 Å². The predicted molar refractivity (Wildman–Crippen MR) is 76.5 cm³/mol. The van der Waals surface area contributed by atoms with Gasteiger partial charge >= 0.3 is 0 Å². The Labute approximate surface area is 106 Å². The second-order valence-corrected chi connectivity index (χ2v) is 5.80. The average Bonchev–Trinajstić information content (AvgIpc) is 2.25. The van der Waals surface area contributed by atoms with E-state index in [0.29, 0.717) is 0 Å². The molecule has 0 aliphatic carbocycles. The molecule has 0 saturated carbocycles. The molecule has 0 radical (unpaired) electrons. The Bertz CT molecular complexity index is 352. The maximum atomic E-state index is 6.27. The lowest BCUT2D eigenvalue weighted by atomic mass is 9.87. The van der Waals surface area contributed by atoms with Gasteiger partial charge < -0.3 is 10.6 Å². The van der Waals surface area contributed by atoms with Crippen LogP contribution in [0.15, 0.2) is 24.3 Å². The van der Waals surface area contributed by atoms with Gasteiger partial charge in [-0.3, -0.25) is 0 Å². The van der Waals surface area contributed by atoms with Gasteiger partial charge in [0.15, 0.2) is 0 Å². The third kappa shape index (κ3) is 3.74. The van der Waals surface area contributed by atoms with Crippen molar-refractivity contribution in [3.63, 3.8) is 0 Å². The molecule has 1 atom stereocenters. The van der Waals surface area contributed by atoms with Crippen LogP contribution in [0.25, 0.3) is 0 Å². The minimum absolute atomic E-state index is 0.149. The summed E-state index contributed by atoms with van der Waals surface area (Å²) in [6, 6.07) is 8.68. The first-order valence-electron chi connectivity index (χ1n) is 6.42. The number of nitrogens with two attached hydrogens (primary N) is 1. The van der Waals surface area contributed by atoms with Crippen molar-refractivity contribution in [1.29, 1.82) is 0 Å². The van der Waals surface area contributed by atoms with Gasteiger partial charge in [-0.15, -0.1) is 0 Å². The smallest absolute Gasteiger partial charge is 0.0396 e. The van der Waals surface area contributed by atoms with Crippen molar-refractivity contribution in [2.75, 3.05) is 18.0 Å². The molecule has 0 amide bonds. The van der Waals surface area contributed by atoms with Gasteiger partial charge in [-0.2, -0.15) is 0 Å². The number of likely N-dealkylation sites (N-methyl/N-ethyl adjacent to an activating group) is 1. The van der Waals surface area contributed by atoms with Crippen molar-refractivity contribution >= 4 is 5.69 Å². The van der Waals surface area contributed by atoms with Crippen LogP contribution in [0, 0.1) is 12.3 Å². The van der Waals surface area contributed by atoms with Gasteiger partial charge in [-0.05, 0) is 30.9 Å². The molecule has 2 nitrogen and oxygen atoms in total. The summed E-state index contributed by atoms with van der Waals surface area (Å²) in [6.07, 6.45) is 0. The highest BCUT2D eigenvalue weighted by molar-refractivity contribution is 5.53. The summed E-state index contributed by atoms with van der Waals surface area (Å²) >= 11 is 0. The SMILES string of the molecule is CCN(CC(N)C(C)(C)C)c1ccccc1C. The third-order valence-electron chi connectivity index (χ3n) is 3.37. The lowest BCUT2D eigenvalue weighted by Gasteiger charge is -2.34. The first-order valence-corrected chi connectivity index (χ1v) is 6.42. The molecule has 0 aliphatic heterocycles. The van der Waals surface area contributed by atoms with Crippen LogP contribution in [0.5, 0.6) is 0 Å². The largest absolute Gasteiger partial charge is 0.370 e. The van der Waals surface area contributed by atoms with Gasteiger partial charge in [-0.1, -0.05) is 39.0 Å². The molecule has 0 aliphatic rings. The number of aryl methyl sites for hydroxylation is 1. The Kier molecular flexibility index (Phi) is 4.58. The molecular formula is C15H26N2. The van der Waals surface area contributed by atoms with Crippen LogP contribution < -0.4 is 10.6 Å². The number of para-hydroxylation sites is 1. The Morgan fingerprint density at radius 2 is 1.82 bits per heavy atom. The maximum Gasteiger partial charge on any atom is 0.0396 e. The molecule has 0 heterocycles. The number of rotatable bonds is 4. The fourth-order valence-electron chi connectivity index (χ4n) is 1.83. The zero-order valence-electron chi connectivity index (χ0n) is 11.8. The predicted octanol–water partition coefficient (Wildman–Crippen LogP) is 3.19. The summed E-state index contributed by atoms with van der Waals surface area (Å²) < 4.78 is 0. The Balaban J connectivity index is 2.83. The van der Waals surface area contributed by atoms with Crippen molar-refractivity contribution in [2.45, 2.75) is 40.7 Å². The number of hydrogen-bond donors (Lipinski definition) is 1. The van der Waals surface area contributed by atoms with Crippen molar-refractivity contribution in [2.24, 2.45) is 11.1 Å². The van der Waals surface area contributed by atoms with E-state index in [0.717, 1.165) is 13.1 Å². The minimum atomic E-state index is 0.149. The number of hydrogen-bond acceptors (Lipinski definition) is 2. The quantitative estimate of drug-likeness (QED) is 0.867. The number of nitrogens with zero attached hydrogens (tertiary/aromatic N) is 1. The van der Waals surface area contributed by atoms with E-state index in [1.54, 1.807) is 0 Å². The average molecular weight is 234 g/mol. The van der Waals surface area contributed by atoms with Crippen LogP contribution in [0.4, 0.5) is 5.69 Å². The molecule has 1 aromatic rings. The lowest BCUT2D eigenvalue weighted by molar-refractivity contribution is 0.321. The van der Waals surface area contributed by atoms with E-state index in [1.165, 1.54) is 11.3 Å². The lowest BCUT2D eigenvalue weighted by Crippen LogP contribution is -2.45. The van der Waals surface area contributed by atoms with Gasteiger partial charge in [0, 0.05) is 24.8 Å². The molecule has 17 heavy (non-hydrogen) atoms. The molecule has 2 N–H and O–H groups in total. The van der Waals surface area contributed by atoms with E-state index in [4.69, 9.17) is 5.73 Å². The zero-order valence-corrected chi connectivity index (χ0v) is 11.8. The van der Waals surface area contributed by atoms with Crippen LogP contribution in [-0.4, -0.2) is 19.1 Å². The molecule has 1 aromatic carbocycles. The molecule has 0 bridgehead atoms. The summed E-state index contributed by atoms with van der Waals surface area (Å²) in [6.45, 7) is 12.8. The second kappa shape index (κ2) is 5.54. The van der Waals surface area contributed by atoms with Gasteiger partial charge in [-0.25, -0.2) is 0 Å². The van der Waals surface area contributed by atoms with Gasteiger partial charge in [0.25, 0.3) is 0 Å². The molecule has 1 rings (SSSR count). The highest BCUT2D eigenvalue weighted by Crippen LogP contribution is 2.23. The van der Waals surface area contributed by atoms with Crippen LogP contribution in [0.1, 0.15) is 33.3 Å². The Morgan fingerprint density at radius 3 is 2.29 bits per heavy atom. The first-order chi connectivity index (χ1) is 7.86. The fraction of sp³-hybridized carbons (Fsp3) is 0.600. The van der Waals surface area contributed by atoms with E-state index >= 15 is 0 Å². The van der Waals surface area contributed by atoms with Crippen LogP contribution in [0.3, 0.4) is 0 Å². The second-order valence-electron chi connectivity index (χ2n) is 5.80. The summed E-state index contributed by atoms with van der Waals surface area (Å²) in [4.78, 5) is 2.37. The van der Waals surface area contributed by atoms with Crippen molar-refractivity contribution in [3.8, 4) is 0 Å². The fourth-order valence-corrected chi connectivity index (χ4v) is 1.83. The monoisotopic (exact) mass is 234 g/mol. The van der Waals surface area contributed by atoms with E-state index in [9.17, 15) is 0 Å². The summed E-state index contributed by atoms with van der Waals surface area (Å²) in [7, 11) is 0. The van der Waals surface area contributed by atoms with Gasteiger partial charge in [0.1, 0.15) is 0 Å². The van der Waals surface area contributed by atoms with E-state index in [1.807, 2.05) is 0 Å². The van der Waals surface area contributed by atoms with Crippen molar-refractivity contribution in [1.82, 2.24) is 0 Å². The molecule has 0 saturated heterocycles. The Morgan fingerprint density at radius 1 is 1.24 bits per heavy atom. The zero-order chi connectivity index (χ0) is 13.1. The van der Waals surface area contributed by atoms with Gasteiger partial charge in [0.05, 0.1) is 0 Å². The number of anilines is 1. The normalized spacial score (nSPS) is 13.5. The third-order valence-corrected chi connectivity index (χ3v) is 3.37. The maximum absolute atomic E-state index is 6.27. The molecular weight excluding hydrogens is 208 g/mol. The number of benzene rings is 1. The summed E-state index contributed by atoms with van der Waals surface area (Å²) in [5.74, 6) is 0. The summed E-state index contributed by atoms with van der Waals surface area (Å²) in [5.41, 5.74) is 9.04. The first kappa shape index (κ1) is 14.0. The minimum Gasteiger partial charge on any atom is -0.370 e. The highest BCUT2D eigenvalue weighted by atomic mass is 15.1. The van der Waals surface area contributed by atoms with Crippen molar-refractivity contribution < 1.29 is 0 Å². The highest BCUT2D eigenvalue weighted by Gasteiger charge is 2.23. The molecule has 0 aromatic heterocycles. The molecule has 2 heteroatoms. The Hall–Kier alpha value is -1.02. The van der Waals surface area contributed by atoms with E-state index < -0.39 is 0 Å². The van der Waals surface area contributed by atoms with E-state index in [2.05, 4.69) is 63.8 Å². The molecule has 96 valence electrons. The summed E-state index contributed by atoms with van der Waals surface area (Å²) in [5, 5.41) is 0. The molecule has 0 spiro atoms. The van der Waals surface area contributed by atoms with Crippen LogP contribution in [0.2, 0.25) is 0 Å².